The van der Waals surface area contributed by atoms with Gasteiger partial charge in [-0.2, -0.15) is 83.4 Å². The van der Waals surface area contributed by atoms with Gasteiger partial charge in [0.25, 0.3) is 8.56 Å². The number of alkyl halides is 19. The van der Waals surface area contributed by atoms with E-state index in [9.17, 15) is 83.4 Å². The zero-order chi connectivity index (χ0) is 30.5. The average molecular weight is 615 g/mol. The quantitative estimate of drug-likeness (QED) is 0.186. The lowest BCUT2D eigenvalue weighted by atomic mass is 9.87. The van der Waals surface area contributed by atoms with Crippen molar-refractivity contribution in [3.63, 3.8) is 0 Å². The first-order valence-corrected chi connectivity index (χ1v) is 11.3. The van der Waals surface area contributed by atoms with Crippen molar-refractivity contribution in [3.05, 3.63) is 0 Å². The van der Waals surface area contributed by atoms with Crippen LogP contribution in [0.4, 0.5) is 83.4 Å². The summed E-state index contributed by atoms with van der Waals surface area (Å²) in [6, 6.07) is -1.34. The van der Waals surface area contributed by atoms with E-state index in [0.29, 0.717) is 0 Å². The number of hydrogen-bond donors (Lipinski definition) is 3. The highest BCUT2D eigenvalue weighted by atomic mass is 28.4. The molecule has 0 saturated carbocycles. The lowest BCUT2D eigenvalue weighted by molar-refractivity contribution is -0.468. The average Bonchev–Trinajstić information content (AvgIpc) is 2.73. The van der Waals surface area contributed by atoms with Crippen LogP contribution in [-0.4, -0.2) is 83.3 Å². The monoisotopic (exact) mass is 615 g/mol. The van der Waals surface area contributed by atoms with Crippen molar-refractivity contribution in [3.8, 4) is 0 Å². The van der Waals surface area contributed by atoms with Crippen molar-refractivity contribution in [1.82, 2.24) is 14.9 Å². The van der Waals surface area contributed by atoms with E-state index in [1.165, 1.54) is 0 Å². The maximum atomic E-state index is 14.0. The second kappa shape index (κ2) is 9.75. The summed E-state index contributed by atoms with van der Waals surface area (Å²) in [4.78, 5) is 6.70. The van der Waals surface area contributed by atoms with Gasteiger partial charge in [-0.3, -0.25) is 0 Å². The van der Waals surface area contributed by atoms with Gasteiger partial charge in [-0.25, -0.2) is 0 Å². The number of nitrogens with one attached hydrogen (secondary N) is 3. The Morgan fingerprint density at radius 1 is 0.405 bits per heavy atom. The predicted molar refractivity (Wildman–Crippen MR) is 88.0 cm³/mol. The molecule has 3 N–H and O–H groups in total. The molecule has 0 spiro atoms. The molecule has 0 heterocycles. The molecule has 0 aromatic carbocycles. The molecule has 0 amide bonds. The van der Waals surface area contributed by atoms with Crippen LogP contribution in [-0.2, 0) is 0 Å². The first kappa shape index (κ1) is 35.8. The molecule has 0 saturated heterocycles. The minimum absolute atomic E-state index is 0.998. The highest BCUT2D eigenvalue weighted by Gasteiger charge is 2.96. The van der Waals surface area contributed by atoms with E-state index < -0.39 is 74.6 Å². The number of hydrogen-bond acceptors (Lipinski definition) is 3. The SMILES string of the molecule is CN[Si](CCC(F)(F)C(F)(F)C(F)(F)C(F)(F)C(F)(F)C(F)(F)C(F)(F)C(F)(F)C(F)(F)F)(NC)NC. The van der Waals surface area contributed by atoms with E-state index in [1.54, 1.807) is 0 Å². The van der Waals surface area contributed by atoms with Crippen molar-refractivity contribution < 1.29 is 83.4 Å². The van der Waals surface area contributed by atoms with Crippen LogP contribution in [0.3, 0.4) is 0 Å². The molecule has 0 bridgehead atoms. The molecule has 3 nitrogen and oxygen atoms in total. The van der Waals surface area contributed by atoms with Crippen LogP contribution in [0, 0.1) is 0 Å². The van der Waals surface area contributed by atoms with Gasteiger partial charge < -0.3 is 14.9 Å². The molecule has 224 valence electrons. The number of halogens is 19. The van der Waals surface area contributed by atoms with Gasteiger partial charge in [-0.05, 0) is 27.2 Å². The van der Waals surface area contributed by atoms with E-state index in [1.807, 2.05) is 0 Å². The van der Waals surface area contributed by atoms with Gasteiger partial charge >= 0.3 is 53.6 Å². The summed E-state index contributed by atoms with van der Waals surface area (Å²) in [7, 11) is -0.701. The summed E-state index contributed by atoms with van der Waals surface area (Å²) < 4.78 is 253. The standard InChI is InChI=1S/C14H16F19N3Si/c1-34-37(35-2,36-3)5-4-6(15,16)7(17,18)8(19,20)9(21,22)10(23,24)11(25,26)12(27,28)13(29,30)14(31,32)33/h34-36H,4-5H2,1-3H3. The summed E-state index contributed by atoms with van der Waals surface area (Å²) in [6.07, 6.45) is -10.5. The largest absolute Gasteiger partial charge is 0.460 e. The topological polar surface area (TPSA) is 36.1 Å². The van der Waals surface area contributed by atoms with E-state index >= 15 is 0 Å². The maximum absolute atomic E-state index is 14.0. The molecule has 0 fully saturated rings. The molecule has 0 unspecified atom stereocenters. The van der Waals surface area contributed by atoms with Gasteiger partial charge in [-0.1, -0.05) is 0 Å². The third-order valence-electron chi connectivity index (χ3n) is 5.28. The molecule has 0 aliphatic rings. The van der Waals surface area contributed by atoms with Gasteiger partial charge in [0, 0.05) is 6.42 Å². The van der Waals surface area contributed by atoms with Gasteiger partial charge in [0.05, 0.1) is 0 Å². The lowest BCUT2D eigenvalue weighted by Gasteiger charge is -2.44. The minimum atomic E-state index is -8.90. The Balaban J connectivity index is 6.75. The summed E-state index contributed by atoms with van der Waals surface area (Å²) in [5, 5.41) is 0. The second-order valence-corrected chi connectivity index (χ2v) is 11.2. The van der Waals surface area contributed by atoms with Crippen LogP contribution in [0.25, 0.3) is 0 Å². The zero-order valence-electron chi connectivity index (χ0n) is 18.1. The number of rotatable bonds is 13. The fourth-order valence-corrected chi connectivity index (χ4v) is 4.83. The Labute approximate surface area is 195 Å². The van der Waals surface area contributed by atoms with Crippen LogP contribution >= 0.6 is 0 Å². The summed E-state index contributed by atoms with van der Waals surface area (Å²) >= 11 is 0. The minimum Gasteiger partial charge on any atom is -0.316 e. The van der Waals surface area contributed by atoms with Crippen LogP contribution < -0.4 is 14.9 Å². The summed E-state index contributed by atoms with van der Waals surface area (Å²) in [5.74, 6) is -66.3. The van der Waals surface area contributed by atoms with Gasteiger partial charge in [0.2, 0.25) is 0 Å². The summed E-state index contributed by atoms with van der Waals surface area (Å²) in [6.45, 7) is 0. The van der Waals surface area contributed by atoms with Gasteiger partial charge in [-0.15, -0.1) is 0 Å². The molecular formula is C14H16F19N3Si. The second-order valence-electron chi connectivity index (χ2n) is 7.38. The molecule has 0 aliphatic heterocycles. The molecule has 37 heavy (non-hydrogen) atoms. The fourth-order valence-electron chi connectivity index (χ4n) is 2.65. The van der Waals surface area contributed by atoms with E-state index in [4.69, 9.17) is 0 Å². The molecule has 0 aliphatic carbocycles. The highest BCUT2D eigenvalue weighted by Crippen LogP contribution is 2.65. The molecule has 0 atom stereocenters. The van der Waals surface area contributed by atoms with Crippen molar-refractivity contribution in [2.75, 3.05) is 21.1 Å². The molecule has 0 aromatic rings. The molecule has 23 heteroatoms. The third kappa shape index (κ3) is 4.96. The molecular weight excluding hydrogens is 599 g/mol. The Hall–Kier alpha value is -1.23. The normalized spacial score (nSPS) is 16.4. The lowest BCUT2D eigenvalue weighted by Crippen LogP contribution is -2.76. The zero-order valence-corrected chi connectivity index (χ0v) is 19.1. The van der Waals surface area contributed by atoms with Gasteiger partial charge in [0.1, 0.15) is 0 Å². The van der Waals surface area contributed by atoms with Crippen LogP contribution in [0.1, 0.15) is 6.42 Å². The molecule has 0 aromatic heterocycles. The smallest absolute Gasteiger partial charge is 0.316 e. The Morgan fingerprint density at radius 2 is 0.649 bits per heavy atom. The van der Waals surface area contributed by atoms with Crippen LogP contribution in [0.5, 0.6) is 0 Å². The van der Waals surface area contributed by atoms with Crippen LogP contribution in [0.2, 0.25) is 6.04 Å². The molecule has 0 radical (unpaired) electrons. The first-order chi connectivity index (χ1) is 15.9. The Kier molecular flexibility index (Phi) is 9.42. The fraction of sp³-hybridized carbons (Fsp3) is 1.00. The third-order valence-corrected chi connectivity index (χ3v) is 8.84. The van der Waals surface area contributed by atoms with Crippen molar-refractivity contribution in [2.45, 2.75) is 66.0 Å². The van der Waals surface area contributed by atoms with E-state index in [-0.39, 0.29) is 0 Å². The summed E-state index contributed by atoms with van der Waals surface area (Å²) in [5.41, 5.74) is 0. The van der Waals surface area contributed by atoms with E-state index in [2.05, 4.69) is 14.9 Å². The van der Waals surface area contributed by atoms with Crippen molar-refractivity contribution in [1.29, 1.82) is 0 Å². The maximum Gasteiger partial charge on any atom is 0.460 e. The molecule has 0 rings (SSSR count). The van der Waals surface area contributed by atoms with Crippen LogP contribution in [0.15, 0.2) is 0 Å². The van der Waals surface area contributed by atoms with Crippen molar-refractivity contribution >= 4 is 8.56 Å². The van der Waals surface area contributed by atoms with E-state index in [0.717, 1.165) is 21.1 Å². The Morgan fingerprint density at radius 3 is 0.892 bits per heavy atom. The van der Waals surface area contributed by atoms with Gasteiger partial charge in [0.15, 0.2) is 0 Å². The first-order valence-electron chi connectivity index (χ1n) is 9.05. The Bertz CT molecular complexity index is 781. The highest BCUT2D eigenvalue weighted by molar-refractivity contribution is 6.72. The van der Waals surface area contributed by atoms with Crippen molar-refractivity contribution in [2.24, 2.45) is 0 Å². The predicted octanol–water partition coefficient (Wildman–Crippen LogP) is 5.62.